The molecule has 2 N–H and O–H groups in total. The molecule has 2 rings (SSSR count). The second-order valence-electron chi connectivity index (χ2n) is 7.02. The third-order valence-corrected chi connectivity index (χ3v) is 6.08. The molecular formula is C16H26N4O3S. The fraction of sp³-hybridized carbons (Fsp3) is 0.750. The summed E-state index contributed by atoms with van der Waals surface area (Å²) in [5, 5.41) is 5.61. The number of carbonyl (C=O) groups excluding carboxylic acids is 3. The Labute approximate surface area is 147 Å². The molecule has 7 nitrogen and oxygen atoms in total. The number of rotatable bonds is 4. The van der Waals surface area contributed by atoms with E-state index in [2.05, 4.69) is 22.3 Å². The Bertz CT molecular complexity index is 551. The molecule has 0 unspecified atom stereocenters. The Morgan fingerprint density at radius 3 is 2.71 bits per heavy atom. The van der Waals surface area contributed by atoms with Crippen LogP contribution >= 0.6 is 11.8 Å². The molecule has 0 aromatic heterocycles. The molecule has 4 atom stereocenters. The number of fused-ring (bicyclic) bond motifs is 1. The zero-order valence-corrected chi connectivity index (χ0v) is 15.5. The van der Waals surface area contributed by atoms with E-state index in [4.69, 9.17) is 0 Å². The van der Waals surface area contributed by atoms with E-state index >= 15 is 0 Å². The number of nitrogens with one attached hydrogen (secondary N) is 2. The van der Waals surface area contributed by atoms with Crippen LogP contribution in [0.25, 0.3) is 0 Å². The van der Waals surface area contributed by atoms with Crippen LogP contribution in [0.3, 0.4) is 0 Å². The topological polar surface area (TPSA) is 90.9 Å². The SMILES string of the molecule is C=NC(=O)[C@H]1N2C(=O)[C@@H](NC(=O)[C@H](C)NC)CCS[C@H]2CC1(C)C. The summed E-state index contributed by atoms with van der Waals surface area (Å²) in [7, 11) is 1.69. The Hall–Kier alpha value is -1.41. The van der Waals surface area contributed by atoms with Gasteiger partial charge in [-0.15, -0.1) is 11.8 Å². The van der Waals surface area contributed by atoms with E-state index in [0.717, 1.165) is 12.2 Å². The summed E-state index contributed by atoms with van der Waals surface area (Å²) in [5.41, 5.74) is -0.365. The highest BCUT2D eigenvalue weighted by Crippen LogP contribution is 2.46. The van der Waals surface area contributed by atoms with Crippen LogP contribution in [0.15, 0.2) is 4.99 Å². The fourth-order valence-electron chi connectivity index (χ4n) is 3.34. The van der Waals surface area contributed by atoms with E-state index in [1.54, 1.807) is 30.6 Å². The van der Waals surface area contributed by atoms with Gasteiger partial charge in [0.1, 0.15) is 12.1 Å². The van der Waals surface area contributed by atoms with Crippen LogP contribution < -0.4 is 10.6 Å². The minimum atomic E-state index is -0.626. The molecule has 134 valence electrons. The normalized spacial score (nSPS) is 30.2. The number of thioether (sulfide) groups is 1. The summed E-state index contributed by atoms with van der Waals surface area (Å²) in [5.74, 6) is -0.0478. The minimum absolute atomic E-state index is 0.0631. The van der Waals surface area contributed by atoms with E-state index < -0.39 is 12.1 Å². The van der Waals surface area contributed by atoms with Crippen molar-refractivity contribution in [2.75, 3.05) is 12.8 Å². The predicted octanol–water partition coefficient (Wildman–Crippen LogP) is 0.396. The highest BCUT2D eigenvalue weighted by atomic mass is 32.2. The van der Waals surface area contributed by atoms with Gasteiger partial charge in [0.05, 0.1) is 11.4 Å². The maximum absolute atomic E-state index is 13.1. The first-order valence-electron chi connectivity index (χ1n) is 8.15. The average Bonchev–Trinajstić information content (AvgIpc) is 2.73. The number of hydrogen-bond donors (Lipinski definition) is 2. The third-order valence-electron chi connectivity index (χ3n) is 4.83. The molecule has 2 saturated heterocycles. The van der Waals surface area contributed by atoms with Crippen molar-refractivity contribution >= 4 is 36.2 Å². The molecule has 2 heterocycles. The number of aliphatic imine (C=N–C) groups is 1. The monoisotopic (exact) mass is 354 g/mol. The quantitative estimate of drug-likeness (QED) is 0.713. The Balaban J connectivity index is 2.26. The smallest absolute Gasteiger partial charge is 0.268 e. The van der Waals surface area contributed by atoms with Crippen LogP contribution in [-0.2, 0) is 14.4 Å². The average molecular weight is 354 g/mol. The van der Waals surface area contributed by atoms with Crippen molar-refractivity contribution in [1.29, 1.82) is 0 Å². The summed E-state index contributed by atoms with van der Waals surface area (Å²) >= 11 is 1.66. The molecule has 24 heavy (non-hydrogen) atoms. The van der Waals surface area contributed by atoms with Crippen molar-refractivity contribution in [2.24, 2.45) is 10.4 Å². The van der Waals surface area contributed by atoms with Gasteiger partial charge in [0.25, 0.3) is 5.91 Å². The van der Waals surface area contributed by atoms with Crippen molar-refractivity contribution in [1.82, 2.24) is 15.5 Å². The van der Waals surface area contributed by atoms with Gasteiger partial charge in [0.2, 0.25) is 11.8 Å². The summed E-state index contributed by atoms with van der Waals surface area (Å²) in [6.07, 6.45) is 1.28. The van der Waals surface area contributed by atoms with Gasteiger partial charge in [-0.2, -0.15) is 0 Å². The van der Waals surface area contributed by atoms with Crippen molar-refractivity contribution in [3.8, 4) is 0 Å². The summed E-state index contributed by atoms with van der Waals surface area (Å²) < 4.78 is 0. The lowest BCUT2D eigenvalue weighted by Gasteiger charge is -2.32. The van der Waals surface area contributed by atoms with Crippen LogP contribution in [0.2, 0.25) is 0 Å². The van der Waals surface area contributed by atoms with E-state index in [1.165, 1.54) is 0 Å². The van der Waals surface area contributed by atoms with E-state index in [0.29, 0.717) is 6.42 Å². The second kappa shape index (κ2) is 7.23. The number of hydrogen-bond acceptors (Lipinski definition) is 5. The van der Waals surface area contributed by atoms with E-state index in [-0.39, 0.29) is 34.6 Å². The Morgan fingerprint density at radius 2 is 2.12 bits per heavy atom. The van der Waals surface area contributed by atoms with Crippen LogP contribution in [0.4, 0.5) is 0 Å². The number of carbonyl (C=O) groups is 3. The molecular weight excluding hydrogens is 328 g/mol. The Morgan fingerprint density at radius 1 is 1.46 bits per heavy atom. The van der Waals surface area contributed by atoms with Crippen molar-refractivity contribution in [3.63, 3.8) is 0 Å². The first-order chi connectivity index (χ1) is 11.2. The standard InChI is InChI=1S/C16H26N4O3S/c1-9(17-4)13(21)19-10-6-7-24-11-8-16(2,3)12(14(22)18-5)20(11)15(10)23/h9-12,17H,5-8H2,1-4H3,(H,19,21)/t9-,10-,11-,12+/m0/s1. The van der Waals surface area contributed by atoms with Crippen molar-refractivity contribution in [2.45, 2.75) is 57.1 Å². The van der Waals surface area contributed by atoms with Gasteiger partial charge in [0, 0.05) is 0 Å². The van der Waals surface area contributed by atoms with Crippen LogP contribution in [-0.4, -0.2) is 65.6 Å². The maximum Gasteiger partial charge on any atom is 0.268 e. The maximum atomic E-state index is 13.1. The number of amides is 3. The molecule has 0 spiro atoms. The molecule has 0 aromatic rings. The van der Waals surface area contributed by atoms with Gasteiger partial charge < -0.3 is 15.5 Å². The molecule has 2 aliphatic rings. The van der Waals surface area contributed by atoms with Gasteiger partial charge >= 0.3 is 0 Å². The summed E-state index contributed by atoms with van der Waals surface area (Å²) in [4.78, 5) is 42.7. The molecule has 3 amide bonds. The molecule has 8 heteroatoms. The number of nitrogens with zero attached hydrogens (tertiary/aromatic N) is 2. The lowest BCUT2D eigenvalue weighted by atomic mass is 9.84. The molecule has 2 aliphatic heterocycles. The van der Waals surface area contributed by atoms with Crippen molar-refractivity contribution in [3.05, 3.63) is 0 Å². The second-order valence-corrected chi connectivity index (χ2v) is 8.31. The Kier molecular flexibility index (Phi) is 5.70. The molecule has 0 aliphatic carbocycles. The molecule has 0 aromatic carbocycles. The van der Waals surface area contributed by atoms with E-state index in [9.17, 15) is 14.4 Å². The van der Waals surface area contributed by atoms with Gasteiger partial charge in [-0.1, -0.05) is 13.8 Å². The fourth-order valence-corrected chi connectivity index (χ4v) is 4.92. The lowest BCUT2D eigenvalue weighted by molar-refractivity contribution is -0.142. The lowest BCUT2D eigenvalue weighted by Crippen LogP contribution is -2.56. The first kappa shape index (κ1) is 18.9. The van der Waals surface area contributed by atoms with Crippen LogP contribution in [0.1, 0.15) is 33.6 Å². The predicted molar refractivity (Wildman–Crippen MR) is 94.9 cm³/mol. The molecule has 2 fully saturated rings. The minimum Gasteiger partial charge on any atom is -0.343 e. The van der Waals surface area contributed by atoms with Gasteiger partial charge in [-0.05, 0) is 44.7 Å². The molecule has 0 saturated carbocycles. The van der Waals surface area contributed by atoms with Gasteiger partial charge in [-0.3, -0.25) is 14.4 Å². The zero-order valence-electron chi connectivity index (χ0n) is 14.7. The zero-order chi connectivity index (χ0) is 18.1. The van der Waals surface area contributed by atoms with Gasteiger partial charge in [-0.25, -0.2) is 4.99 Å². The molecule has 0 radical (unpaired) electrons. The summed E-state index contributed by atoms with van der Waals surface area (Å²) in [6.45, 7) is 9.02. The van der Waals surface area contributed by atoms with Crippen molar-refractivity contribution < 1.29 is 14.4 Å². The van der Waals surface area contributed by atoms with Gasteiger partial charge in [0.15, 0.2) is 0 Å². The largest absolute Gasteiger partial charge is 0.343 e. The molecule has 0 bridgehead atoms. The third kappa shape index (κ3) is 3.49. The highest BCUT2D eigenvalue weighted by Gasteiger charge is 2.54. The first-order valence-corrected chi connectivity index (χ1v) is 9.19. The number of likely N-dealkylation sites (N-methyl/N-ethyl adjacent to an activating group) is 1. The summed E-state index contributed by atoms with van der Waals surface area (Å²) in [6, 6.07) is -1.62. The van der Waals surface area contributed by atoms with E-state index in [1.807, 2.05) is 13.8 Å². The highest BCUT2D eigenvalue weighted by molar-refractivity contribution is 7.99. The van der Waals surface area contributed by atoms with Crippen LogP contribution in [0, 0.1) is 5.41 Å². The van der Waals surface area contributed by atoms with Crippen LogP contribution in [0.5, 0.6) is 0 Å².